The van der Waals surface area contributed by atoms with Crippen molar-refractivity contribution >= 4 is 23.7 Å². The molecule has 1 fully saturated rings. The lowest BCUT2D eigenvalue weighted by Gasteiger charge is -2.34. The third-order valence-corrected chi connectivity index (χ3v) is 4.83. The van der Waals surface area contributed by atoms with Crippen LogP contribution in [0.2, 0.25) is 0 Å². The van der Waals surface area contributed by atoms with Gasteiger partial charge in [-0.05, 0) is 39.3 Å². The highest BCUT2D eigenvalue weighted by molar-refractivity contribution is 5.88. The molecule has 0 amide bonds. The smallest absolute Gasteiger partial charge is 0.328 e. The maximum atomic E-state index is 12.7. The molecule has 3 atom stereocenters. The summed E-state index contributed by atoms with van der Waals surface area (Å²) in [7, 11) is 0. The van der Waals surface area contributed by atoms with Crippen LogP contribution >= 0.6 is 0 Å². The zero-order valence-electron chi connectivity index (χ0n) is 17.5. The largest absolute Gasteiger partial charge is 0.513 e. The summed E-state index contributed by atoms with van der Waals surface area (Å²) in [5, 5.41) is 38.9. The molecular weight excluding hydrogens is 396 g/mol. The number of aliphatic hydroxyl groups excluding tert-OH is 1. The number of carbonyl (C=O) groups excluding carboxylic acids is 2. The molecule has 0 radical (unpaired) electrons. The fourth-order valence-corrected chi connectivity index (χ4v) is 2.98. The molecule has 1 saturated heterocycles. The van der Waals surface area contributed by atoms with Gasteiger partial charge in [0.05, 0.1) is 23.2 Å². The van der Waals surface area contributed by atoms with Crippen molar-refractivity contribution in [2.45, 2.75) is 52.6 Å². The molecule has 30 heavy (non-hydrogen) atoms. The van der Waals surface area contributed by atoms with Crippen molar-refractivity contribution in [1.29, 1.82) is 0 Å². The van der Waals surface area contributed by atoms with E-state index in [1.807, 2.05) is 0 Å². The molecule has 0 aromatic rings. The molecular formula is C21H28O9. The predicted molar refractivity (Wildman–Crippen MR) is 106 cm³/mol. The topological polar surface area (TPSA) is 158 Å². The SMILES string of the molecule is CC(=C/C(=O)O)/C=C/C(C)(/C=C(/O)CC1(C)COC(=O)CC(C)(O)CC1=O)C(=O)O. The van der Waals surface area contributed by atoms with E-state index in [-0.39, 0.29) is 25.9 Å². The molecule has 0 bridgehead atoms. The highest BCUT2D eigenvalue weighted by Gasteiger charge is 2.43. The molecule has 0 saturated carbocycles. The van der Waals surface area contributed by atoms with E-state index in [0.717, 1.165) is 12.2 Å². The third kappa shape index (κ3) is 7.14. The first kappa shape index (κ1) is 25.1. The van der Waals surface area contributed by atoms with Gasteiger partial charge < -0.3 is 25.2 Å². The zero-order chi connectivity index (χ0) is 23.3. The van der Waals surface area contributed by atoms with Crippen molar-refractivity contribution in [3.05, 3.63) is 35.6 Å². The molecule has 9 nitrogen and oxygen atoms in total. The lowest BCUT2D eigenvalue weighted by atomic mass is 9.76. The average molecular weight is 424 g/mol. The van der Waals surface area contributed by atoms with E-state index >= 15 is 0 Å². The van der Waals surface area contributed by atoms with E-state index in [9.17, 15) is 34.5 Å². The van der Waals surface area contributed by atoms with Gasteiger partial charge >= 0.3 is 17.9 Å². The highest BCUT2D eigenvalue weighted by Crippen LogP contribution is 2.35. The molecule has 9 heteroatoms. The number of carboxylic acid groups (broad SMARTS) is 2. The molecule has 0 aromatic carbocycles. The maximum absolute atomic E-state index is 12.7. The Bertz CT molecular complexity index is 818. The third-order valence-electron chi connectivity index (χ3n) is 4.83. The van der Waals surface area contributed by atoms with Gasteiger partial charge in [-0.3, -0.25) is 14.4 Å². The van der Waals surface area contributed by atoms with Crippen LogP contribution in [-0.4, -0.2) is 56.3 Å². The van der Waals surface area contributed by atoms with E-state index in [1.165, 1.54) is 39.8 Å². The Morgan fingerprint density at radius 3 is 2.30 bits per heavy atom. The number of aliphatic hydroxyl groups is 2. The number of allylic oxidation sites excluding steroid dienone is 3. The fourth-order valence-electron chi connectivity index (χ4n) is 2.98. The number of hydrogen-bond donors (Lipinski definition) is 4. The fraction of sp³-hybridized carbons (Fsp3) is 0.524. The number of aliphatic carboxylic acids is 2. The van der Waals surface area contributed by atoms with Crippen LogP contribution in [0.15, 0.2) is 35.6 Å². The quantitative estimate of drug-likeness (QED) is 0.208. The van der Waals surface area contributed by atoms with E-state index in [2.05, 4.69) is 0 Å². The Morgan fingerprint density at radius 1 is 1.17 bits per heavy atom. The second kappa shape index (κ2) is 9.25. The summed E-state index contributed by atoms with van der Waals surface area (Å²) in [4.78, 5) is 46.9. The summed E-state index contributed by atoms with van der Waals surface area (Å²) in [6.45, 7) is 5.25. The first-order chi connectivity index (χ1) is 13.6. The first-order valence-electron chi connectivity index (χ1n) is 9.24. The van der Waals surface area contributed by atoms with Crippen molar-refractivity contribution in [2.24, 2.45) is 10.8 Å². The Kier molecular flexibility index (Phi) is 7.74. The molecule has 0 spiro atoms. The van der Waals surface area contributed by atoms with Crippen LogP contribution in [0.4, 0.5) is 0 Å². The highest BCUT2D eigenvalue weighted by atomic mass is 16.5. The van der Waals surface area contributed by atoms with E-state index in [0.29, 0.717) is 5.57 Å². The standard InChI is InChI=1S/C21H28O9/c1-13(7-16(24)25)5-6-19(2,18(27)28)8-14(22)9-20(3)12-30-17(26)11-21(4,29)10-15(20)23/h5-8,22,29H,9-12H2,1-4H3,(H,24,25)(H,27,28)/b6-5+,13-7-,14-8+. The minimum Gasteiger partial charge on any atom is -0.513 e. The summed E-state index contributed by atoms with van der Waals surface area (Å²) >= 11 is 0. The van der Waals surface area contributed by atoms with Crippen molar-refractivity contribution in [1.82, 2.24) is 0 Å². The van der Waals surface area contributed by atoms with Crippen LogP contribution in [0.3, 0.4) is 0 Å². The number of Topliss-reactive ketones (excluding diaryl/α,β-unsaturated/α-hetero) is 1. The van der Waals surface area contributed by atoms with Gasteiger partial charge in [0.2, 0.25) is 0 Å². The van der Waals surface area contributed by atoms with Crippen LogP contribution in [0.5, 0.6) is 0 Å². The van der Waals surface area contributed by atoms with Gasteiger partial charge in [0.25, 0.3) is 0 Å². The minimum atomic E-state index is -1.69. The summed E-state index contributed by atoms with van der Waals surface area (Å²) < 4.78 is 5.05. The molecule has 166 valence electrons. The normalized spacial score (nSPS) is 28.4. The molecule has 1 aliphatic heterocycles. The average Bonchev–Trinajstić information content (AvgIpc) is 2.55. The van der Waals surface area contributed by atoms with Gasteiger partial charge in [0.15, 0.2) is 0 Å². The Morgan fingerprint density at radius 2 is 1.77 bits per heavy atom. The number of esters is 1. The van der Waals surface area contributed by atoms with Crippen molar-refractivity contribution in [3.63, 3.8) is 0 Å². The van der Waals surface area contributed by atoms with Crippen LogP contribution in [0.1, 0.15) is 47.0 Å². The van der Waals surface area contributed by atoms with Crippen LogP contribution in [0, 0.1) is 10.8 Å². The molecule has 3 unspecified atom stereocenters. The van der Waals surface area contributed by atoms with Gasteiger partial charge in [-0.25, -0.2) is 4.79 Å². The van der Waals surface area contributed by atoms with Crippen LogP contribution < -0.4 is 0 Å². The van der Waals surface area contributed by atoms with E-state index < -0.39 is 45.9 Å². The van der Waals surface area contributed by atoms with E-state index in [4.69, 9.17) is 9.84 Å². The molecule has 0 aromatic heterocycles. The number of hydrogen-bond acceptors (Lipinski definition) is 7. The van der Waals surface area contributed by atoms with Crippen molar-refractivity contribution in [3.8, 4) is 0 Å². The summed E-state index contributed by atoms with van der Waals surface area (Å²) in [6, 6.07) is 0. The molecule has 1 rings (SSSR count). The van der Waals surface area contributed by atoms with Crippen molar-refractivity contribution < 1.29 is 44.3 Å². The van der Waals surface area contributed by atoms with Crippen molar-refractivity contribution in [2.75, 3.05) is 6.61 Å². The van der Waals surface area contributed by atoms with Gasteiger partial charge in [-0.2, -0.15) is 0 Å². The van der Waals surface area contributed by atoms with Gasteiger partial charge in [-0.15, -0.1) is 0 Å². The second-order valence-corrected chi connectivity index (χ2v) is 8.46. The van der Waals surface area contributed by atoms with Gasteiger partial charge in [0.1, 0.15) is 17.8 Å². The second-order valence-electron chi connectivity index (χ2n) is 8.46. The van der Waals surface area contributed by atoms with E-state index in [1.54, 1.807) is 0 Å². The van der Waals surface area contributed by atoms with Crippen LogP contribution in [-0.2, 0) is 23.9 Å². The number of rotatable bonds is 7. The maximum Gasteiger partial charge on any atom is 0.328 e. The molecule has 1 aliphatic rings. The molecule has 1 heterocycles. The summed E-state index contributed by atoms with van der Waals surface area (Å²) in [5.41, 5.74) is -4.34. The van der Waals surface area contributed by atoms with Gasteiger partial charge in [-0.1, -0.05) is 12.2 Å². The Labute approximate surface area is 174 Å². The lowest BCUT2D eigenvalue weighted by Crippen LogP contribution is -2.44. The summed E-state index contributed by atoms with van der Waals surface area (Å²) in [5.74, 6) is -4.03. The number of cyclic esters (lactones) is 1. The zero-order valence-corrected chi connectivity index (χ0v) is 17.5. The number of carbonyl (C=O) groups is 4. The number of ether oxygens (including phenoxy) is 1. The Balaban J connectivity index is 3.18. The predicted octanol–water partition coefficient (Wildman–Crippen LogP) is 2.16. The summed E-state index contributed by atoms with van der Waals surface area (Å²) in [6.07, 6.45) is 3.49. The molecule has 4 N–H and O–H groups in total. The van der Waals surface area contributed by atoms with Gasteiger partial charge in [0, 0.05) is 18.9 Å². The molecule has 0 aliphatic carbocycles. The number of carboxylic acids is 2. The Hall–Kier alpha value is -2.94. The van der Waals surface area contributed by atoms with Crippen LogP contribution in [0.25, 0.3) is 0 Å². The number of ketones is 1. The first-order valence-corrected chi connectivity index (χ1v) is 9.24. The monoisotopic (exact) mass is 424 g/mol. The minimum absolute atomic E-state index is 0.291. The lowest BCUT2D eigenvalue weighted by molar-refractivity contribution is -0.160.